The fraction of sp³-hybridized carbons (Fsp3) is 0.538. The summed E-state index contributed by atoms with van der Waals surface area (Å²) in [4.78, 5) is 11.3. The quantitative estimate of drug-likeness (QED) is 0.817. The molecule has 0 N–H and O–H groups in total. The maximum Gasteiger partial charge on any atom is 0.160 e. The normalized spacial score (nSPS) is 20.5. The third kappa shape index (κ3) is 2.45. The number of pyridine rings is 1. The van der Waals surface area contributed by atoms with Gasteiger partial charge < -0.3 is 9.47 Å². The Balaban J connectivity index is 2.00. The van der Waals surface area contributed by atoms with Crippen LogP contribution in [-0.4, -0.2) is 39.1 Å². The first-order valence-corrected chi connectivity index (χ1v) is 7.37. The summed E-state index contributed by atoms with van der Waals surface area (Å²) in [7, 11) is 2.17. The largest absolute Gasteiger partial charge is 0.310 e. The number of nitrogens with zero attached hydrogens (tertiary/aromatic N) is 4. The highest BCUT2D eigenvalue weighted by Crippen LogP contribution is 2.23. The van der Waals surface area contributed by atoms with Crippen molar-refractivity contribution in [3.8, 4) is 0 Å². The fourth-order valence-corrected chi connectivity index (χ4v) is 3.10. The van der Waals surface area contributed by atoms with Gasteiger partial charge in [0.15, 0.2) is 5.65 Å². The minimum atomic E-state index is 0.393. The first-order chi connectivity index (χ1) is 9.19. The second kappa shape index (κ2) is 5.27. The summed E-state index contributed by atoms with van der Waals surface area (Å²) in [6, 6.07) is 2.38. The van der Waals surface area contributed by atoms with Crippen molar-refractivity contribution in [2.24, 2.45) is 0 Å². The number of hydrogen-bond donors (Lipinski definition) is 0. The summed E-state index contributed by atoms with van der Waals surface area (Å²) in [6.45, 7) is 2.05. The van der Waals surface area contributed by atoms with Crippen molar-refractivity contribution in [3.05, 3.63) is 23.1 Å². The minimum absolute atomic E-state index is 0.393. The van der Waals surface area contributed by atoms with E-state index in [4.69, 9.17) is 23.2 Å². The molecule has 1 aliphatic heterocycles. The molecular weight excluding hydrogens is 283 g/mol. The number of alkyl halides is 1. The van der Waals surface area contributed by atoms with E-state index in [1.807, 2.05) is 6.07 Å². The van der Waals surface area contributed by atoms with E-state index in [0.29, 0.717) is 16.9 Å². The SMILES string of the molecule is CN1CCCC1Cn1c(CCl)nc2cc(Cl)cnc21. The van der Waals surface area contributed by atoms with Crippen LogP contribution in [0.1, 0.15) is 18.7 Å². The summed E-state index contributed by atoms with van der Waals surface area (Å²) in [5.74, 6) is 1.26. The topological polar surface area (TPSA) is 34.0 Å². The van der Waals surface area contributed by atoms with Crippen molar-refractivity contribution < 1.29 is 0 Å². The predicted octanol–water partition coefficient (Wildman–Crippen LogP) is 2.92. The van der Waals surface area contributed by atoms with Gasteiger partial charge in [0.25, 0.3) is 0 Å². The van der Waals surface area contributed by atoms with Crippen LogP contribution in [0, 0.1) is 0 Å². The number of likely N-dealkylation sites (N-methyl/N-ethyl adjacent to an activating group) is 1. The van der Waals surface area contributed by atoms with Crippen LogP contribution in [0.3, 0.4) is 0 Å². The smallest absolute Gasteiger partial charge is 0.160 e. The van der Waals surface area contributed by atoms with Crippen LogP contribution >= 0.6 is 23.2 Å². The lowest BCUT2D eigenvalue weighted by atomic mass is 10.2. The molecule has 1 saturated heterocycles. The van der Waals surface area contributed by atoms with Crippen LogP contribution in [-0.2, 0) is 12.4 Å². The van der Waals surface area contributed by atoms with Gasteiger partial charge in [0.05, 0.1) is 10.9 Å². The van der Waals surface area contributed by atoms with Gasteiger partial charge in [-0.15, -0.1) is 11.6 Å². The van der Waals surface area contributed by atoms with E-state index in [1.165, 1.54) is 12.8 Å². The van der Waals surface area contributed by atoms with Crippen LogP contribution < -0.4 is 0 Å². The van der Waals surface area contributed by atoms with Crippen LogP contribution in [0.2, 0.25) is 5.02 Å². The van der Waals surface area contributed by atoms with Gasteiger partial charge in [0.1, 0.15) is 11.3 Å². The molecule has 4 nitrogen and oxygen atoms in total. The fourth-order valence-electron chi connectivity index (χ4n) is 2.75. The molecule has 19 heavy (non-hydrogen) atoms. The predicted molar refractivity (Wildman–Crippen MR) is 77.7 cm³/mol. The van der Waals surface area contributed by atoms with Crippen LogP contribution in [0.5, 0.6) is 0 Å². The van der Waals surface area contributed by atoms with Crippen LogP contribution in [0.4, 0.5) is 0 Å². The highest BCUT2D eigenvalue weighted by atomic mass is 35.5. The van der Waals surface area contributed by atoms with Crippen molar-refractivity contribution in [1.29, 1.82) is 0 Å². The zero-order chi connectivity index (χ0) is 13.4. The van der Waals surface area contributed by atoms with Gasteiger partial charge in [-0.1, -0.05) is 11.6 Å². The minimum Gasteiger partial charge on any atom is -0.310 e. The summed E-state index contributed by atoms with van der Waals surface area (Å²) < 4.78 is 2.13. The maximum absolute atomic E-state index is 6.01. The summed E-state index contributed by atoms with van der Waals surface area (Å²) >= 11 is 12.0. The van der Waals surface area contributed by atoms with E-state index in [9.17, 15) is 0 Å². The Labute approximate surface area is 122 Å². The second-order valence-corrected chi connectivity index (χ2v) is 5.75. The van der Waals surface area contributed by atoms with Gasteiger partial charge in [0, 0.05) is 18.8 Å². The van der Waals surface area contributed by atoms with Crippen molar-refractivity contribution in [2.45, 2.75) is 31.3 Å². The molecule has 1 atom stereocenters. The van der Waals surface area contributed by atoms with Gasteiger partial charge in [-0.25, -0.2) is 9.97 Å². The lowest BCUT2D eigenvalue weighted by Gasteiger charge is -2.20. The number of fused-ring (bicyclic) bond motifs is 1. The maximum atomic E-state index is 6.01. The Morgan fingerprint density at radius 3 is 3.00 bits per heavy atom. The molecule has 0 aromatic carbocycles. The number of aromatic nitrogens is 3. The molecule has 2 aromatic heterocycles. The van der Waals surface area contributed by atoms with E-state index < -0.39 is 0 Å². The first-order valence-electron chi connectivity index (χ1n) is 6.46. The molecule has 0 amide bonds. The van der Waals surface area contributed by atoms with Crippen LogP contribution in [0.25, 0.3) is 11.2 Å². The van der Waals surface area contributed by atoms with Crippen molar-refractivity contribution >= 4 is 34.4 Å². The van der Waals surface area contributed by atoms with E-state index in [1.54, 1.807) is 6.20 Å². The van der Waals surface area contributed by atoms with Gasteiger partial charge in [0.2, 0.25) is 0 Å². The molecule has 0 spiro atoms. The molecule has 3 rings (SSSR count). The standard InChI is InChI=1S/C13H16Cl2N4/c1-18-4-2-3-10(18)8-19-12(6-14)17-11-5-9(15)7-16-13(11)19/h5,7,10H,2-4,6,8H2,1H3. The Bertz CT molecular complexity index is 596. The number of imidazole rings is 1. The zero-order valence-corrected chi connectivity index (χ0v) is 12.3. The Kier molecular flexibility index (Phi) is 3.65. The van der Waals surface area contributed by atoms with Gasteiger partial charge >= 0.3 is 0 Å². The van der Waals surface area contributed by atoms with E-state index in [-0.39, 0.29) is 0 Å². The van der Waals surface area contributed by atoms with Crippen molar-refractivity contribution in [1.82, 2.24) is 19.4 Å². The number of rotatable bonds is 3. The average Bonchev–Trinajstić information content (AvgIpc) is 2.94. The molecule has 0 bridgehead atoms. The summed E-state index contributed by atoms with van der Waals surface area (Å²) in [5.41, 5.74) is 1.70. The van der Waals surface area contributed by atoms with Gasteiger partial charge in [-0.3, -0.25) is 0 Å². The molecular formula is C13H16Cl2N4. The van der Waals surface area contributed by atoms with Crippen LogP contribution in [0.15, 0.2) is 12.3 Å². The highest BCUT2D eigenvalue weighted by Gasteiger charge is 2.23. The zero-order valence-electron chi connectivity index (χ0n) is 10.8. The molecule has 0 aliphatic carbocycles. The van der Waals surface area contributed by atoms with E-state index in [0.717, 1.165) is 30.1 Å². The molecule has 3 heterocycles. The lowest BCUT2D eigenvalue weighted by Crippen LogP contribution is -2.29. The Morgan fingerprint density at radius 1 is 1.47 bits per heavy atom. The number of halogens is 2. The second-order valence-electron chi connectivity index (χ2n) is 5.05. The summed E-state index contributed by atoms with van der Waals surface area (Å²) in [6.07, 6.45) is 4.13. The number of likely N-dealkylation sites (tertiary alicyclic amines) is 1. The van der Waals surface area contributed by atoms with Crippen molar-refractivity contribution in [3.63, 3.8) is 0 Å². The molecule has 1 aliphatic rings. The Hall–Kier alpha value is -0.840. The monoisotopic (exact) mass is 298 g/mol. The summed E-state index contributed by atoms with van der Waals surface area (Å²) in [5, 5.41) is 0.608. The lowest BCUT2D eigenvalue weighted by molar-refractivity contribution is 0.282. The molecule has 102 valence electrons. The van der Waals surface area contributed by atoms with Gasteiger partial charge in [-0.05, 0) is 32.5 Å². The first kappa shape index (κ1) is 13.2. The number of hydrogen-bond acceptors (Lipinski definition) is 3. The molecule has 2 aromatic rings. The van der Waals surface area contributed by atoms with E-state index >= 15 is 0 Å². The third-order valence-corrected chi connectivity index (χ3v) is 4.26. The highest BCUT2D eigenvalue weighted by molar-refractivity contribution is 6.31. The Morgan fingerprint density at radius 2 is 2.32 bits per heavy atom. The average molecular weight is 299 g/mol. The molecule has 0 radical (unpaired) electrons. The third-order valence-electron chi connectivity index (χ3n) is 3.81. The van der Waals surface area contributed by atoms with Crippen molar-refractivity contribution in [2.75, 3.05) is 13.6 Å². The van der Waals surface area contributed by atoms with Gasteiger partial charge in [-0.2, -0.15) is 0 Å². The molecule has 1 fully saturated rings. The molecule has 1 unspecified atom stereocenters. The molecule has 0 saturated carbocycles. The molecule has 6 heteroatoms. The van der Waals surface area contributed by atoms with E-state index in [2.05, 4.69) is 26.5 Å².